The summed E-state index contributed by atoms with van der Waals surface area (Å²) in [6, 6.07) is 3.82. The number of alkyl halides is 1. The lowest BCUT2D eigenvalue weighted by atomic mass is 10.2. The molecule has 0 saturated carbocycles. The maximum absolute atomic E-state index is 5.93. The van der Waals surface area contributed by atoms with E-state index in [-0.39, 0.29) is 5.38 Å². The molecular formula is C8H11ClN2. The first kappa shape index (κ1) is 8.47. The van der Waals surface area contributed by atoms with Crippen LogP contribution >= 0.6 is 11.6 Å². The molecule has 1 aromatic heterocycles. The van der Waals surface area contributed by atoms with Crippen molar-refractivity contribution in [2.45, 2.75) is 25.1 Å². The molecule has 0 aromatic carbocycles. The minimum absolute atomic E-state index is 0.187. The summed E-state index contributed by atoms with van der Waals surface area (Å²) in [5.74, 6) is 0. The van der Waals surface area contributed by atoms with E-state index >= 15 is 0 Å². The van der Waals surface area contributed by atoms with Gasteiger partial charge in [0.2, 0.25) is 0 Å². The van der Waals surface area contributed by atoms with Crippen LogP contribution in [0.2, 0.25) is 0 Å². The Morgan fingerprint density at radius 2 is 2.45 bits per heavy atom. The maximum atomic E-state index is 5.93. The smallest absolute Gasteiger partial charge is 0.0645 e. The molecule has 60 valence electrons. The summed E-state index contributed by atoms with van der Waals surface area (Å²) in [4.78, 5) is 0. The lowest BCUT2D eigenvalue weighted by Gasteiger charge is -2.02. The number of rotatable bonds is 3. The van der Waals surface area contributed by atoms with Gasteiger partial charge in [-0.05, 0) is 18.6 Å². The Morgan fingerprint density at radius 3 is 3.00 bits per heavy atom. The summed E-state index contributed by atoms with van der Waals surface area (Å²) in [5.41, 5.74) is 0.967. The summed E-state index contributed by atoms with van der Waals surface area (Å²) in [5, 5.41) is 7.88. The monoisotopic (exact) mass is 170 g/mol. The summed E-state index contributed by atoms with van der Waals surface area (Å²) in [7, 11) is 0. The molecule has 0 aliphatic carbocycles. The van der Waals surface area contributed by atoms with Gasteiger partial charge in [-0.3, -0.25) is 0 Å². The molecule has 0 aliphatic rings. The van der Waals surface area contributed by atoms with Crippen LogP contribution in [-0.2, 0) is 6.42 Å². The van der Waals surface area contributed by atoms with Crippen LogP contribution < -0.4 is 0 Å². The molecule has 1 aromatic rings. The number of hydrogen-bond donors (Lipinski definition) is 0. The van der Waals surface area contributed by atoms with E-state index in [1.165, 1.54) is 0 Å². The molecule has 0 fully saturated rings. The average Bonchev–Trinajstić information content (AvgIpc) is 2.06. The summed E-state index contributed by atoms with van der Waals surface area (Å²) < 4.78 is 0. The van der Waals surface area contributed by atoms with Crippen LogP contribution in [0.15, 0.2) is 18.3 Å². The second kappa shape index (κ2) is 4.29. The van der Waals surface area contributed by atoms with Crippen molar-refractivity contribution in [1.29, 1.82) is 0 Å². The quantitative estimate of drug-likeness (QED) is 0.649. The molecule has 3 heteroatoms. The maximum Gasteiger partial charge on any atom is 0.0645 e. The first-order chi connectivity index (χ1) is 5.33. The highest BCUT2D eigenvalue weighted by Gasteiger charge is 2.02. The molecule has 11 heavy (non-hydrogen) atoms. The fourth-order valence-corrected chi connectivity index (χ4v) is 0.972. The zero-order chi connectivity index (χ0) is 8.10. The Morgan fingerprint density at radius 1 is 1.64 bits per heavy atom. The minimum Gasteiger partial charge on any atom is -0.159 e. The van der Waals surface area contributed by atoms with Crippen molar-refractivity contribution >= 4 is 11.6 Å². The Bertz CT molecular complexity index is 201. The molecule has 0 radical (unpaired) electrons. The zero-order valence-electron chi connectivity index (χ0n) is 6.50. The predicted molar refractivity (Wildman–Crippen MR) is 45.7 cm³/mol. The van der Waals surface area contributed by atoms with Crippen molar-refractivity contribution in [2.24, 2.45) is 0 Å². The van der Waals surface area contributed by atoms with Crippen molar-refractivity contribution in [3.8, 4) is 0 Å². The zero-order valence-corrected chi connectivity index (χ0v) is 7.25. The van der Waals surface area contributed by atoms with Gasteiger partial charge < -0.3 is 0 Å². The molecule has 1 atom stereocenters. The normalized spacial score (nSPS) is 12.9. The number of hydrogen-bond acceptors (Lipinski definition) is 2. The Kier molecular flexibility index (Phi) is 3.30. The Labute approximate surface area is 71.6 Å². The van der Waals surface area contributed by atoms with E-state index in [1.54, 1.807) is 6.20 Å². The highest BCUT2D eigenvalue weighted by Crippen LogP contribution is 2.07. The van der Waals surface area contributed by atoms with Crippen LogP contribution in [0.25, 0.3) is 0 Å². The van der Waals surface area contributed by atoms with Gasteiger partial charge in [0.15, 0.2) is 0 Å². The van der Waals surface area contributed by atoms with E-state index < -0.39 is 0 Å². The lowest BCUT2D eigenvalue weighted by molar-refractivity contribution is 0.768. The standard InChI is InChI=1S/C8H11ClN2/c1-2-7(9)6-8-4-3-5-10-11-8/h3-5,7H,2,6H2,1H3. The molecule has 1 heterocycles. The largest absolute Gasteiger partial charge is 0.159 e. The summed E-state index contributed by atoms with van der Waals surface area (Å²) in [6.07, 6.45) is 3.45. The highest BCUT2D eigenvalue weighted by atomic mass is 35.5. The SMILES string of the molecule is CCC(Cl)Cc1cccnn1. The van der Waals surface area contributed by atoms with E-state index in [0.29, 0.717) is 0 Å². The van der Waals surface area contributed by atoms with E-state index in [2.05, 4.69) is 17.1 Å². The van der Waals surface area contributed by atoms with Crippen molar-refractivity contribution in [3.05, 3.63) is 24.0 Å². The van der Waals surface area contributed by atoms with E-state index in [1.807, 2.05) is 12.1 Å². The first-order valence-corrected chi connectivity index (χ1v) is 4.17. The van der Waals surface area contributed by atoms with Crippen molar-refractivity contribution in [3.63, 3.8) is 0 Å². The first-order valence-electron chi connectivity index (χ1n) is 3.73. The predicted octanol–water partition coefficient (Wildman–Crippen LogP) is 2.04. The van der Waals surface area contributed by atoms with E-state index in [4.69, 9.17) is 11.6 Å². The Hall–Kier alpha value is -0.630. The fourth-order valence-electron chi connectivity index (χ4n) is 0.814. The molecule has 0 bridgehead atoms. The summed E-state index contributed by atoms with van der Waals surface area (Å²) in [6.45, 7) is 2.06. The van der Waals surface area contributed by atoms with Crippen LogP contribution in [0.4, 0.5) is 0 Å². The number of nitrogens with zero attached hydrogens (tertiary/aromatic N) is 2. The van der Waals surface area contributed by atoms with Crippen molar-refractivity contribution in [2.75, 3.05) is 0 Å². The molecule has 0 aliphatic heterocycles. The second-order valence-corrected chi connectivity index (χ2v) is 3.04. The molecule has 1 rings (SSSR count). The second-order valence-electron chi connectivity index (χ2n) is 2.42. The topological polar surface area (TPSA) is 25.8 Å². The molecule has 0 spiro atoms. The molecule has 1 unspecified atom stereocenters. The van der Waals surface area contributed by atoms with Crippen molar-refractivity contribution < 1.29 is 0 Å². The van der Waals surface area contributed by atoms with Crippen LogP contribution in [-0.4, -0.2) is 15.6 Å². The molecule has 0 amide bonds. The van der Waals surface area contributed by atoms with Gasteiger partial charge in [-0.2, -0.15) is 10.2 Å². The van der Waals surface area contributed by atoms with Gasteiger partial charge in [0.05, 0.1) is 5.69 Å². The summed E-state index contributed by atoms with van der Waals surface area (Å²) >= 11 is 5.93. The molecule has 0 N–H and O–H groups in total. The van der Waals surface area contributed by atoms with E-state index in [0.717, 1.165) is 18.5 Å². The Balaban J connectivity index is 2.51. The van der Waals surface area contributed by atoms with Crippen LogP contribution in [0.5, 0.6) is 0 Å². The average molecular weight is 171 g/mol. The number of halogens is 1. The van der Waals surface area contributed by atoms with Crippen LogP contribution in [0.1, 0.15) is 19.0 Å². The highest BCUT2D eigenvalue weighted by molar-refractivity contribution is 6.20. The van der Waals surface area contributed by atoms with Gasteiger partial charge in [-0.25, -0.2) is 0 Å². The van der Waals surface area contributed by atoms with Gasteiger partial charge >= 0.3 is 0 Å². The fraction of sp³-hybridized carbons (Fsp3) is 0.500. The van der Waals surface area contributed by atoms with Gasteiger partial charge in [0.1, 0.15) is 0 Å². The van der Waals surface area contributed by atoms with Gasteiger partial charge in [-0.15, -0.1) is 11.6 Å². The number of aromatic nitrogens is 2. The van der Waals surface area contributed by atoms with Gasteiger partial charge in [0, 0.05) is 18.0 Å². The van der Waals surface area contributed by atoms with Crippen molar-refractivity contribution in [1.82, 2.24) is 10.2 Å². The third-order valence-electron chi connectivity index (χ3n) is 1.50. The molecular weight excluding hydrogens is 160 g/mol. The third kappa shape index (κ3) is 2.85. The van der Waals surface area contributed by atoms with E-state index in [9.17, 15) is 0 Å². The van der Waals surface area contributed by atoms with Crippen LogP contribution in [0.3, 0.4) is 0 Å². The minimum atomic E-state index is 0.187. The molecule has 2 nitrogen and oxygen atoms in total. The molecule has 0 saturated heterocycles. The van der Waals surface area contributed by atoms with Gasteiger partial charge in [0.25, 0.3) is 0 Å². The van der Waals surface area contributed by atoms with Gasteiger partial charge in [-0.1, -0.05) is 6.92 Å². The third-order valence-corrected chi connectivity index (χ3v) is 1.96. The lowest BCUT2D eigenvalue weighted by Crippen LogP contribution is -2.03. The van der Waals surface area contributed by atoms with Crippen LogP contribution in [0, 0.1) is 0 Å².